The third kappa shape index (κ3) is 2.84. The lowest BCUT2D eigenvalue weighted by Gasteiger charge is -2.29. The standard InChI is InChI=1S/C12H16NOP/c1-2-10-3-4-11(14-10)9-13-7-5-12(15)6-8-13/h1,3-4,12H,5-9,15H2. The molecule has 1 saturated heterocycles. The highest BCUT2D eigenvalue weighted by atomic mass is 31.0. The minimum atomic E-state index is 0.630. The fraction of sp³-hybridized carbons (Fsp3) is 0.500. The Morgan fingerprint density at radius 3 is 2.80 bits per heavy atom. The van der Waals surface area contributed by atoms with Crippen LogP contribution in [0.4, 0.5) is 0 Å². The maximum absolute atomic E-state index is 5.48. The molecule has 0 bridgehead atoms. The van der Waals surface area contributed by atoms with Gasteiger partial charge in [0.15, 0.2) is 5.76 Å². The maximum Gasteiger partial charge on any atom is 0.176 e. The number of nitrogens with zero attached hydrogens (tertiary/aromatic N) is 1. The van der Waals surface area contributed by atoms with Gasteiger partial charge < -0.3 is 4.42 Å². The summed E-state index contributed by atoms with van der Waals surface area (Å²) in [6.07, 6.45) is 7.77. The van der Waals surface area contributed by atoms with E-state index in [1.54, 1.807) is 0 Å². The normalized spacial score (nSPS) is 18.9. The third-order valence-electron chi connectivity index (χ3n) is 2.82. The first-order chi connectivity index (χ1) is 7.28. The van der Waals surface area contributed by atoms with E-state index in [4.69, 9.17) is 10.8 Å². The first kappa shape index (κ1) is 10.7. The summed E-state index contributed by atoms with van der Waals surface area (Å²) in [6, 6.07) is 3.83. The van der Waals surface area contributed by atoms with Gasteiger partial charge in [-0.15, -0.1) is 15.7 Å². The second-order valence-corrected chi connectivity index (χ2v) is 4.97. The van der Waals surface area contributed by atoms with Gasteiger partial charge in [-0.2, -0.15) is 0 Å². The Bertz CT molecular complexity index is 358. The molecule has 1 aliphatic rings. The van der Waals surface area contributed by atoms with Crippen LogP contribution in [-0.2, 0) is 6.54 Å². The van der Waals surface area contributed by atoms with Gasteiger partial charge in [0.05, 0.1) is 6.54 Å². The molecule has 0 saturated carbocycles. The van der Waals surface area contributed by atoms with E-state index in [9.17, 15) is 0 Å². The highest BCUT2D eigenvalue weighted by molar-refractivity contribution is 7.17. The lowest BCUT2D eigenvalue weighted by molar-refractivity contribution is 0.208. The smallest absolute Gasteiger partial charge is 0.176 e. The molecule has 0 radical (unpaired) electrons. The van der Waals surface area contributed by atoms with Crippen LogP contribution in [0.25, 0.3) is 0 Å². The van der Waals surface area contributed by atoms with Crippen LogP contribution in [-0.4, -0.2) is 23.6 Å². The van der Waals surface area contributed by atoms with Gasteiger partial charge in [0.1, 0.15) is 5.76 Å². The zero-order valence-corrected chi connectivity index (χ0v) is 9.93. The van der Waals surface area contributed by atoms with E-state index in [0.717, 1.165) is 31.1 Å². The van der Waals surface area contributed by atoms with Crippen LogP contribution >= 0.6 is 9.24 Å². The summed E-state index contributed by atoms with van der Waals surface area (Å²) in [4.78, 5) is 2.42. The van der Waals surface area contributed by atoms with E-state index in [-0.39, 0.29) is 0 Å². The predicted molar refractivity (Wildman–Crippen MR) is 64.7 cm³/mol. The molecule has 0 aliphatic carbocycles. The molecular formula is C12H16NOP. The van der Waals surface area contributed by atoms with Crippen molar-refractivity contribution in [1.82, 2.24) is 4.90 Å². The first-order valence-electron chi connectivity index (χ1n) is 5.31. The zero-order valence-electron chi connectivity index (χ0n) is 8.78. The summed E-state index contributed by atoms with van der Waals surface area (Å²) in [6.45, 7) is 3.19. The lowest BCUT2D eigenvalue weighted by Crippen LogP contribution is -2.33. The molecule has 2 nitrogen and oxygen atoms in total. The van der Waals surface area contributed by atoms with Gasteiger partial charge in [-0.05, 0) is 49.6 Å². The molecule has 3 heteroatoms. The summed E-state index contributed by atoms with van der Waals surface area (Å²) >= 11 is 0. The van der Waals surface area contributed by atoms with Crippen molar-refractivity contribution in [3.63, 3.8) is 0 Å². The molecule has 0 aromatic carbocycles. The first-order valence-corrected chi connectivity index (χ1v) is 5.98. The van der Waals surface area contributed by atoms with Crippen molar-refractivity contribution in [2.24, 2.45) is 0 Å². The van der Waals surface area contributed by atoms with Crippen molar-refractivity contribution < 1.29 is 4.42 Å². The summed E-state index contributed by atoms with van der Waals surface area (Å²) < 4.78 is 5.48. The van der Waals surface area contributed by atoms with E-state index in [1.165, 1.54) is 12.8 Å². The van der Waals surface area contributed by atoms with Crippen LogP contribution < -0.4 is 0 Å². The molecule has 80 valence electrons. The Morgan fingerprint density at radius 1 is 1.47 bits per heavy atom. The fourth-order valence-corrected chi connectivity index (χ4v) is 2.17. The number of likely N-dealkylation sites (tertiary alicyclic amines) is 1. The number of hydrogen-bond acceptors (Lipinski definition) is 2. The molecule has 0 spiro atoms. The molecule has 1 aromatic heterocycles. The summed E-state index contributed by atoms with van der Waals surface area (Å²) in [5.41, 5.74) is 0.791. The molecule has 15 heavy (non-hydrogen) atoms. The average molecular weight is 221 g/mol. The van der Waals surface area contributed by atoms with E-state index < -0.39 is 0 Å². The average Bonchev–Trinajstić information content (AvgIpc) is 2.69. The summed E-state index contributed by atoms with van der Waals surface area (Å²) in [7, 11) is 2.91. The molecule has 2 rings (SSSR count). The second-order valence-electron chi connectivity index (χ2n) is 4.02. The molecule has 0 N–H and O–H groups in total. The molecule has 2 heterocycles. The van der Waals surface area contributed by atoms with E-state index in [2.05, 4.69) is 20.1 Å². The Kier molecular flexibility index (Phi) is 3.46. The van der Waals surface area contributed by atoms with Gasteiger partial charge in [-0.3, -0.25) is 4.90 Å². The Hall–Kier alpha value is -0.770. The largest absolute Gasteiger partial charge is 0.451 e. The second kappa shape index (κ2) is 4.84. The lowest BCUT2D eigenvalue weighted by atomic mass is 10.1. The Labute approximate surface area is 93.2 Å². The van der Waals surface area contributed by atoms with Crippen LogP contribution in [0.2, 0.25) is 0 Å². The van der Waals surface area contributed by atoms with Crippen molar-refractivity contribution in [2.45, 2.75) is 25.0 Å². The molecule has 0 amide bonds. The monoisotopic (exact) mass is 221 g/mol. The summed E-state index contributed by atoms with van der Waals surface area (Å²) in [5.74, 6) is 4.11. The van der Waals surface area contributed by atoms with Crippen LogP contribution in [0.1, 0.15) is 24.4 Å². The molecule has 1 unspecified atom stereocenters. The SMILES string of the molecule is C#Cc1ccc(CN2CCC(P)CC2)o1. The highest BCUT2D eigenvalue weighted by Gasteiger charge is 2.16. The van der Waals surface area contributed by atoms with Gasteiger partial charge in [0, 0.05) is 0 Å². The van der Waals surface area contributed by atoms with E-state index in [1.807, 2.05) is 12.1 Å². The van der Waals surface area contributed by atoms with Crippen LogP contribution in [0.15, 0.2) is 16.5 Å². The molecular weight excluding hydrogens is 205 g/mol. The maximum atomic E-state index is 5.48. The number of furan rings is 1. The van der Waals surface area contributed by atoms with Crippen molar-refractivity contribution in [3.8, 4) is 12.3 Å². The molecule has 1 aromatic rings. The van der Waals surface area contributed by atoms with Gasteiger partial charge in [0.2, 0.25) is 0 Å². The van der Waals surface area contributed by atoms with Gasteiger partial charge in [0.25, 0.3) is 0 Å². The number of piperidine rings is 1. The highest BCUT2D eigenvalue weighted by Crippen LogP contribution is 2.19. The van der Waals surface area contributed by atoms with Crippen molar-refractivity contribution >= 4 is 9.24 Å². The van der Waals surface area contributed by atoms with Gasteiger partial charge >= 0.3 is 0 Å². The van der Waals surface area contributed by atoms with Crippen LogP contribution in [0.3, 0.4) is 0 Å². The van der Waals surface area contributed by atoms with Crippen LogP contribution in [0.5, 0.6) is 0 Å². The number of terminal acetylenes is 1. The van der Waals surface area contributed by atoms with Crippen molar-refractivity contribution in [2.75, 3.05) is 13.1 Å². The van der Waals surface area contributed by atoms with E-state index >= 15 is 0 Å². The minimum absolute atomic E-state index is 0.630. The Balaban J connectivity index is 1.89. The van der Waals surface area contributed by atoms with Crippen LogP contribution in [0, 0.1) is 12.3 Å². The fourth-order valence-electron chi connectivity index (χ4n) is 1.87. The van der Waals surface area contributed by atoms with Crippen molar-refractivity contribution in [1.29, 1.82) is 0 Å². The zero-order chi connectivity index (χ0) is 10.7. The van der Waals surface area contributed by atoms with Gasteiger partial charge in [-0.1, -0.05) is 0 Å². The van der Waals surface area contributed by atoms with Crippen molar-refractivity contribution in [3.05, 3.63) is 23.7 Å². The third-order valence-corrected chi connectivity index (χ3v) is 3.48. The molecule has 1 aliphatic heterocycles. The predicted octanol–water partition coefficient (Wildman–Crippen LogP) is 2.10. The van der Waals surface area contributed by atoms with Gasteiger partial charge in [-0.25, -0.2) is 0 Å². The summed E-state index contributed by atoms with van der Waals surface area (Å²) in [5, 5.41) is 0. The quantitative estimate of drug-likeness (QED) is 0.561. The molecule has 1 atom stereocenters. The number of rotatable bonds is 2. The molecule has 1 fully saturated rings. The number of hydrogen-bond donors (Lipinski definition) is 0. The minimum Gasteiger partial charge on any atom is -0.451 e. The van der Waals surface area contributed by atoms with E-state index in [0.29, 0.717) is 5.76 Å². The Morgan fingerprint density at radius 2 is 2.20 bits per heavy atom. The topological polar surface area (TPSA) is 16.4 Å².